The molecule has 0 radical (unpaired) electrons. The van der Waals surface area contributed by atoms with Gasteiger partial charge in [-0.1, -0.05) is 103 Å². The van der Waals surface area contributed by atoms with Gasteiger partial charge in [0.15, 0.2) is 0 Å². The average Bonchev–Trinajstić information content (AvgIpc) is 2.89. The van der Waals surface area contributed by atoms with Crippen LogP contribution in [0.5, 0.6) is 0 Å². The predicted octanol–water partition coefficient (Wildman–Crippen LogP) is 9.13. The summed E-state index contributed by atoms with van der Waals surface area (Å²) in [6.07, 6.45) is 0. The summed E-state index contributed by atoms with van der Waals surface area (Å²) in [6, 6.07) is 49.7. The maximum Gasteiger partial charge on any atom is 0.0474 e. The molecule has 6 aromatic carbocycles. The summed E-state index contributed by atoms with van der Waals surface area (Å²) >= 11 is 0. The fourth-order valence-corrected chi connectivity index (χ4v) is 4.71. The van der Waals surface area contributed by atoms with E-state index in [4.69, 9.17) is 0 Å². The van der Waals surface area contributed by atoms with Gasteiger partial charge in [-0.05, 0) is 69.1 Å². The van der Waals surface area contributed by atoms with Gasteiger partial charge in [0.2, 0.25) is 0 Å². The second kappa shape index (κ2) is 8.29. The smallest absolute Gasteiger partial charge is 0.0474 e. The van der Waals surface area contributed by atoms with Crippen molar-refractivity contribution in [1.82, 2.24) is 0 Å². The van der Waals surface area contributed by atoms with Crippen LogP contribution < -0.4 is 4.90 Å². The van der Waals surface area contributed by atoms with E-state index in [9.17, 15) is 0 Å². The number of rotatable bonds is 4. The zero-order valence-electron chi connectivity index (χ0n) is 18.2. The van der Waals surface area contributed by atoms with E-state index in [0.29, 0.717) is 0 Å². The van der Waals surface area contributed by atoms with Crippen LogP contribution in [0, 0.1) is 0 Å². The molecule has 0 N–H and O–H groups in total. The van der Waals surface area contributed by atoms with Crippen LogP contribution in [0.4, 0.5) is 17.1 Å². The average molecular weight is 422 g/mol. The highest BCUT2D eigenvalue weighted by atomic mass is 15.1. The summed E-state index contributed by atoms with van der Waals surface area (Å²) in [5, 5.41) is 5.02. The topological polar surface area (TPSA) is 3.24 Å². The standard InChI is InChI=1S/C32H23N/c1-3-15-26(16-4-1)33(27-17-5-2-6-18-27)28-22-25-13-8-10-20-30(25)32(23-28)31-21-11-14-24-12-7-9-19-29(24)31/h1-23H. The van der Waals surface area contributed by atoms with Crippen LogP contribution in [0.15, 0.2) is 140 Å². The molecule has 0 saturated heterocycles. The third kappa shape index (κ3) is 3.54. The van der Waals surface area contributed by atoms with Crippen molar-refractivity contribution in [3.8, 4) is 11.1 Å². The lowest BCUT2D eigenvalue weighted by Gasteiger charge is -2.27. The van der Waals surface area contributed by atoms with E-state index in [1.807, 2.05) is 0 Å². The van der Waals surface area contributed by atoms with E-state index in [1.165, 1.54) is 32.7 Å². The van der Waals surface area contributed by atoms with E-state index >= 15 is 0 Å². The molecule has 0 unspecified atom stereocenters. The summed E-state index contributed by atoms with van der Waals surface area (Å²) in [4.78, 5) is 2.33. The fraction of sp³-hybridized carbons (Fsp3) is 0. The third-order valence-corrected chi connectivity index (χ3v) is 6.21. The Morgan fingerprint density at radius 2 is 0.848 bits per heavy atom. The fourth-order valence-electron chi connectivity index (χ4n) is 4.71. The lowest BCUT2D eigenvalue weighted by Crippen LogP contribution is -2.10. The molecule has 0 bridgehead atoms. The van der Waals surface area contributed by atoms with Crippen LogP contribution in [0.3, 0.4) is 0 Å². The Bertz CT molecular complexity index is 1510. The van der Waals surface area contributed by atoms with Crippen molar-refractivity contribution >= 4 is 38.6 Å². The minimum absolute atomic E-state index is 1.14. The van der Waals surface area contributed by atoms with Crippen molar-refractivity contribution in [1.29, 1.82) is 0 Å². The van der Waals surface area contributed by atoms with E-state index < -0.39 is 0 Å². The summed E-state index contributed by atoms with van der Waals surface area (Å²) < 4.78 is 0. The van der Waals surface area contributed by atoms with Gasteiger partial charge in [0, 0.05) is 17.1 Å². The van der Waals surface area contributed by atoms with Gasteiger partial charge in [-0.25, -0.2) is 0 Å². The first-order valence-electron chi connectivity index (χ1n) is 11.3. The highest BCUT2D eigenvalue weighted by molar-refractivity contribution is 6.07. The molecule has 0 aliphatic rings. The van der Waals surface area contributed by atoms with E-state index in [2.05, 4.69) is 144 Å². The maximum atomic E-state index is 2.34. The molecule has 0 saturated carbocycles. The highest BCUT2D eigenvalue weighted by Gasteiger charge is 2.16. The van der Waals surface area contributed by atoms with E-state index in [0.717, 1.165) is 17.1 Å². The second-order valence-electron chi connectivity index (χ2n) is 8.25. The largest absolute Gasteiger partial charge is 0.310 e. The number of para-hydroxylation sites is 2. The molecule has 0 aliphatic heterocycles. The molecule has 0 heterocycles. The molecule has 0 fully saturated rings. The predicted molar refractivity (Wildman–Crippen MR) is 142 cm³/mol. The first kappa shape index (κ1) is 19.3. The number of fused-ring (bicyclic) bond motifs is 2. The van der Waals surface area contributed by atoms with Crippen LogP contribution in [0.25, 0.3) is 32.7 Å². The molecular formula is C32H23N. The van der Waals surface area contributed by atoms with Gasteiger partial charge in [-0.2, -0.15) is 0 Å². The van der Waals surface area contributed by atoms with E-state index in [1.54, 1.807) is 0 Å². The molecule has 6 aromatic rings. The Labute approximate surface area is 194 Å². The minimum atomic E-state index is 1.14. The van der Waals surface area contributed by atoms with Crippen LogP contribution in [0.1, 0.15) is 0 Å². The lowest BCUT2D eigenvalue weighted by molar-refractivity contribution is 1.29. The quantitative estimate of drug-likeness (QED) is 0.274. The summed E-state index contributed by atoms with van der Waals surface area (Å²) in [7, 11) is 0. The normalized spacial score (nSPS) is 11.0. The molecule has 0 amide bonds. The maximum absolute atomic E-state index is 2.34. The molecule has 0 spiro atoms. The first-order chi connectivity index (χ1) is 16.4. The Kier molecular flexibility index (Phi) is 4.86. The van der Waals surface area contributed by atoms with Crippen molar-refractivity contribution in [2.45, 2.75) is 0 Å². The van der Waals surface area contributed by atoms with Gasteiger partial charge in [-0.3, -0.25) is 0 Å². The molecule has 1 heteroatoms. The number of hydrogen-bond donors (Lipinski definition) is 0. The van der Waals surface area contributed by atoms with Crippen molar-refractivity contribution < 1.29 is 0 Å². The molecule has 156 valence electrons. The van der Waals surface area contributed by atoms with Crippen molar-refractivity contribution in [3.63, 3.8) is 0 Å². The molecule has 33 heavy (non-hydrogen) atoms. The van der Waals surface area contributed by atoms with Crippen molar-refractivity contribution in [2.75, 3.05) is 4.90 Å². The Morgan fingerprint density at radius 1 is 0.333 bits per heavy atom. The molecule has 0 aromatic heterocycles. The zero-order chi connectivity index (χ0) is 22.0. The SMILES string of the molecule is c1ccc(N(c2ccccc2)c2cc(-c3cccc4ccccc34)c3ccccc3c2)cc1. The Morgan fingerprint density at radius 3 is 1.52 bits per heavy atom. The molecule has 0 aliphatic carbocycles. The summed E-state index contributed by atoms with van der Waals surface area (Å²) in [5.41, 5.74) is 5.93. The Balaban J connectivity index is 1.66. The van der Waals surface area contributed by atoms with Crippen LogP contribution in [0.2, 0.25) is 0 Å². The Hall–Kier alpha value is -4.36. The van der Waals surface area contributed by atoms with Gasteiger partial charge in [-0.15, -0.1) is 0 Å². The first-order valence-corrected chi connectivity index (χ1v) is 11.3. The van der Waals surface area contributed by atoms with Crippen LogP contribution >= 0.6 is 0 Å². The van der Waals surface area contributed by atoms with Crippen LogP contribution in [-0.4, -0.2) is 0 Å². The zero-order valence-corrected chi connectivity index (χ0v) is 18.2. The van der Waals surface area contributed by atoms with Gasteiger partial charge in [0.1, 0.15) is 0 Å². The monoisotopic (exact) mass is 421 g/mol. The number of benzene rings is 6. The summed E-state index contributed by atoms with van der Waals surface area (Å²) in [5.74, 6) is 0. The molecule has 1 nitrogen and oxygen atoms in total. The number of nitrogens with zero attached hydrogens (tertiary/aromatic N) is 1. The molecule has 0 atom stereocenters. The number of anilines is 3. The molecular weight excluding hydrogens is 398 g/mol. The van der Waals surface area contributed by atoms with Gasteiger partial charge in [0.25, 0.3) is 0 Å². The van der Waals surface area contributed by atoms with Crippen molar-refractivity contribution in [2.24, 2.45) is 0 Å². The van der Waals surface area contributed by atoms with Gasteiger partial charge in [0.05, 0.1) is 0 Å². The van der Waals surface area contributed by atoms with Crippen LogP contribution in [-0.2, 0) is 0 Å². The number of hydrogen-bond acceptors (Lipinski definition) is 1. The molecule has 6 rings (SSSR count). The van der Waals surface area contributed by atoms with Gasteiger partial charge >= 0.3 is 0 Å². The third-order valence-electron chi connectivity index (χ3n) is 6.21. The minimum Gasteiger partial charge on any atom is -0.310 e. The summed E-state index contributed by atoms with van der Waals surface area (Å²) in [6.45, 7) is 0. The highest BCUT2D eigenvalue weighted by Crippen LogP contribution is 2.41. The second-order valence-corrected chi connectivity index (χ2v) is 8.25. The van der Waals surface area contributed by atoms with E-state index in [-0.39, 0.29) is 0 Å². The van der Waals surface area contributed by atoms with Gasteiger partial charge < -0.3 is 4.90 Å². The van der Waals surface area contributed by atoms with Crippen molar-refractivity contribution in [3.05, 3.63) is 140 Å². The lowest BCUT2D eigenvalue weighted by atomic mass is 9.93.